The Morgan fingerprint density at radius 1 is 0.889 bits per heavy atom. The Kier molecular flexibility index (Phi) is 10.1. The number of ether oxygens (including phenoxy) is 4. The number of hydrogen-bond donors (Lipinski definition) is 0. The molecule has 0 heterocycles. The van der Waals surface area contributed by atoms with Crippen LogP contribution < -0.4 is 9.47 Å². The van der Waals surface area contributed by atoms with Crippen LogP contribution in [-0.4, -0.2) is 31.1 Å². The Morgan fingerprint density at radius 3 is 1.93 bits per heavy atom. The standard InChI is InChI=1S/C20H28O7/c1-5-14(4)20(23)25-9-8-24-13-15-10-16(26-18(21)6-2)12-17(11-15)27-19(22)7-3/h10-12,14H,5-9,13H2,1-4H3. The molecule has 0 fully saturated rings. The van der Waals surface area contributed by atoms with Crippen molar-refractivity contribution in [2.75, 3.05) is 13.2 Å². The summed E-state index contributed by atoms with van der Waals surface area (Å²) in [6.45, 7) is 7.68. The lowest BCUT2D eigenvalue weighted by Crippen LogP contribution is -2.17. The maximum Gasteiger partial charge on any atom is 0.310 e. The average molecular weight is 380 g/mol. The van der Waals surface area contributed by atoms with Gasteiger partial charge in [0.15, 0.2) is 0 Å². The van der Waals surface area contributed by atoms with Gasteiger partial charge >= 0.3 is 17.9 Å². The summed E-state index contributed by atoms with van der Waals surface area (Å²) < 4.78 is 21.0. The second-order valence-corrected chi connectivity index (χ2v) is 6.00. The molecule has 0 saturated carbocycles. The van der Waals surface area contributed by atoms with Crippen molar-refractivity contribution >= 4 is 17.9 Å². The summed E-state index contributed by atoms with van der Waals surface area (Å²) >= 11 is 0. The molecule has 1 rings (SSSR count). The van der Waals surface area contributed by atoms with Crippen molar-refractivity contribution in [3.63, 3.8) is 0 Å². The van der Waals surface area contributed by atoms with Crippen LogP contribution in [-0.2, 0) is 30.5 Å². The van der Waals surface area contributed by atoms with Gasteiger partial charge in [-0.2, -0.15) is 0 Å². The molecule has 0 spiro atoms. The Morgan fingerprint density at radius 2 is 1.44 bits per heavy atom. The van der Waals surface area contributed by atoms with Gasteiger partial charge in [-0.3, -0.25) is 14.4 Å². The minimum absolute atomic E-state index is 0.134. The van der Waals surface area contributed by atoms with Gasteiger partial charge in [-0.25, -0.2) is 0 Å². The molecule has 0 radical (unpaired) electrons. The molecule has 0 bridgehead atoms. The van der Waals surface area contributed by atoms with Gasteiger partial charge in [-0.05, 0) is 24.1 Å². The molecule has 1 atom stereocenters. The van der Waals surface area contributed by atoms with Crippen LogP contribution in [0.2, 0.25) is 0 Å². The molecule has 0 aliphatic heterocycles. The first-order valence-electron chi connectivity index (χ1n) is 9.19. The number of rotatable bonds is 11. The van der Waals surface area contributed by atoms with Crippen molar-refractivity contribution in [2.45, 2.75) is 53.6 Å². The summed E-state index contributed by atoms with van der Waals surface area (Å²) in [5, 5.41) is 0. The van der Waals surface area contributed by atoms with Gasteiger partial charge in [-0.1, -0.05) is 27.7 Å². The average Bonchev–Trinajstić information content (AvgIpc) is 2.66. The van der Waals surface area contributed by atoms with Gasteiger partial charge in [0.05, 0.1) is 19.1 Å². The number of esters is 3. The van der Waals surface area contributed by atoms with Crippen LogP contribution in [0, 0.1) is 5.92 Å². The molecule has 0 aromatic heterocycles. The quantitative estimate of drug-likeness (QED) is 0.330. The van der Waals surface area contributed by atoms with Gasteiger partial charge in [0.25, 0.3) is 0 Å². The van der Waals surface area contributed by atoms with E-state index < -0.39 is 11.9 Å². The molecule has 7 nitrogen and oxygen atoms in total. The number of carbonyl (C=O) groups is 3. The van der Waals surface area contributed by atoms with E-state index in [-0.39, 0.29) is 56.0 Å². The molecule has 150 valence electrons. The zero-order valence-corrected chi connectivity index (χ0v) is 16.4. The van der Waals surface area contributed by atoms with E-state index in [2.05, 4.69) is 0 Å². The second-order valence-electron chi connectivity index (χ2n) is 6.00. The number of carbonyl (C=O) groups excluding carboxylic acids is 3. The fraction of sp³-hybridized carbons (Fsp3) is 0.550. The summed E-state index contributed by atoms with van der Waals surface area (Å²) in [7, 11) is 0. The van der Waals surface area contributed by atoms with E-state index in [0.717, 1.165) is 6.42 Å². The van der Waals surface area contributed by atoms with Crippen LogP contribution >= 0.6 is 0 Å². The first kappa shape index (κ1) is 22.6. The SMILES string of the molecule is CCC(=O)Oc1cc(COCCOC(=O)C(C)CC)cc(OC(=O)CC)c1. The lowest BCUT2D eigenvalue weighted by Gasteiger charge is -2.12. The molecule has 1 aromatic carbocycles. The molecule has 1 aromatic rings. The summed E-state index contributed by atoms with van der Waals surface area (Å²) in [4.78, 5) is 34.6. The Hall–Kier alpha value is -2.41. The highest BCUT2D eigenvalue weighted by Crippen LogP contribution is 2.24. The first-order chi connectivity index (χ1) is 12.9. The highest BCUT2D eigenvalue weighted by molar-refractivity contribution is 5.74. The normalized spacial score (nSPS) is 11.6. The molecule has 27 heavy (non-hydrogen) atoms. The molecule has 0 N–H and O–H groups in total. The first-order valence-corrected chi connectivity index (χ1v) is 9.19. The molecule has 0 aliphatic carbocycles. The molecule has 7 heteroatoms. The molecular weight excluding hydrogens is 352 g/mol. The second kappa shape index (κ2) is 12.1. The van der Waals surface area contributed by atoms with Crippen molar-refractivity contribution in [3.8, 4) is 11.5 Å². The molecule has 0 saturated heterocycles. The van der Waals surface area contributed by atoms with Crippen LogP contribution in [0.3, 0.4) is 0 Å². The third kappa shape index (κ3) is 8.68. The third-order valence-electron chi connectivity index (χ3n) is 3.74. The van der Waals surface area contributed by atoms with E-state index in [0.29, 0.717) is 5.56 Å². The summed E-state index contributed by atoms with van der Waals surface area (Å²) in [5.74, 6) is -0.597. The van der Waals surface area contributed by atoms with Crippen molar-refractivity contribution in [2.24, 2.45) is 5.92 Å². The van der Waals surface area contributed by atoms with Crippen LogP contribution in [0.4, 0.5) is 0 Å². The Bertz CT molecular complexity index is 603. The zero-order valence-electron chi connectivity index (χ0n) is 16.4. The van der Waals surface area contributed by atoms with Gasteiger partial charge in [0, 0.05) is 18.9 Å². The Balaban J connectivity index is 2.64. The van der Waals surface area contributed by atoms with E-state index in [1.807, 2.05) is 13.8 Å². The lowest BCUT2D eigenvalue weighted by molar-refractivity contribution is -0.149. The van der Waals surface area contributed by atoms with Crippen LogP contribution in [0.15, 0.2) is 18.2 Å². The highest BCUT2D eigenvalue weighted by atomic mass is 16.6. The van der Waals surface area contributed by atoms with Crippen LogP contribution in [0.25, 0.3) is 0 Å². The topological polar surface area (TPSA) is 88.1 Å². The fourth-order valence-corrected chi connectivity index (χ4v) is 1.94. The van der Waals surface area contributed by atoms with Crippen molar-refractivity contribution in [1.29, 1.82) is 0 Å². The molecule has 0 amide bonds. The van der Waals surface area contributed by atoms with E-state index >= 15 is 0 Å². The summed E-state index contributed by atoms with van der Waals surface area (Å²) in [6.07, 6.45) is 1.18. The monoisotopic (exact) mass is 380 g/mol. The predicted molar refractivity (Wildman–Crippen MR) is 98.4 cm³/mol. The summed E-state index contributed by atoms with van der Waals surface area (Å²) in [5.41, 5.74) is 0.670. The van der Waals surface area contributed by atoms with E-state index in [4.69, 9.17) is 18.9 Å². The van der Waals surface area contributed by atoms with Gasteiger partial charge in [0.2, 0.25) is 0 Å². The Labute approximate surface area is 159 Å². The summed E-state index contributed by atoms with van der Waals surface area (Å²) in [6, 6.07) is 4.77. The maximum absolute atomic E-state index is 11.6. The zero-order chi connectivity index (χ0) is 20.2. The van der Waals surface area contributed by atoms with Crippen molar-refractivity contribution < 1.29 is 33.3 Å². The lowest BCUT2D eigenvalue weighted by atomic mass is 10.1. The molecule has 0 aliphatic rings. The van der Waals surface area contributed by atoms with E-state index in [1.54, 1.807) is 26.0 Å². The van der Waals surface area contributed by atoms with E-state index in [1.165, 1.54) is 6.07 Å². The maximum atomic E-state index is 11.6. The van der Waals surface area contributed by atoms with Gasteiger partial charge in [-0.15, -0.1) is 0 Å². The number of benzene rings is 1. The smallest absolute Gasteiger partial charge is 0.310 e. The largest absolute Gasteiger partial charge is 0.463 e. The van der Waals surface area contributed by atoms with Crippen molar-refractivity contribution in [1.82, 2.24) is 0 Å². The van der Waals surface area contributed by atoms with Crippen LogP contribution in [0.5, 0.6) is 11.5 Å². The van der Waals surface area contributed by atoms with Gasteiger partial charge < -0.3 is 18.9 Å². The molecule has 1 unspecified atom stereocenters. The van der Waals surface area contributed by atoms with Crippen LogP contribution in [0.1, 0.15) is 52.5 Å². The highest BCUT2D eigenvalue weighted by Gasteiger charge is 2.12. The van der Waals surface area contributed by atoms with E-state index in [9.17, 15) is 14.4 Å². The fourth-order valence-electron chi connectivity index (χ4n) is 1.94. The minimum Gasteiger partial charge on any atom is -0.463 e. The predicted octanol–water partition coefficient (Wildman–Crippen LogP) is 3.42. The molecular formula is C20H28O7. The number of hydrogen-bond acceptors (Lipinski definition) is 7. The third-order valence-corrected chi connectivity index (χ3v) is 3.74. The minimum atomic E-state index is -0.391. The van der Waals surface area contributed by atoms with Gasteiger partial charge in [0.1, 0.15) is 18.1 Å². The van der Waals surface area contributed by atoms with Crippen molar-refractivity contribution in [3.05, 3.63) is 23.8 Å².